The third kappa shape index (κ3) is 2.64. The Morgan fingerprint density at radius 2 is 1.84 bits per heavy atom. The molecule has 0 unspecified atom stereocenters. The lowest BCUT2D eigenvalue weighted by atomic mass is 10.1. The Bertz CT molecular complexity index is 723. The third-order valence-corrected chi connectivity index (χ3v) is 5.11. The molecule has 0 radical (unpaired) electrons. The van der Waals surface area contributed by atoms with Gasteiger partial charge < -0.3 is 4.74 Å². The Hall–Kier alpha value is -1.03. The molecular weight excluding hydrogens is 344 g/mol. The summed E-state index contributed by atoms with van der Waals surface area (Å²) in [6.45, 7) is 0.559. The molecule has 19 heavy (non-hydrogen) atoms. The van der Waals surface area contributed by atoms with Crippen molar-refractivity contribution in [2.24, 2.45) is 0 Å². The molecule has 1 heterocycles. The number of rotatable bonds is 3. The third-order valence-electron chi connectivity index (χ3n) is 2.88. The van der Waals surface area contributed by atoms with Crippen molar-refractivity contribution in [3.63, 3.8) is 0 Å². The molecule has 0 aliphatic heterocycles. The summed E-state index contributed by atoms with van der Waals surface area (Å²) in [7, 11) is 0. The molecule has 0 atom stereocenters. The molecule has 3 rings (SSSR count). The molecule has 0 saturated carbocycles. The van der Waals surface area contributed by atoms with Crippen molar-refractivity contribution < 1.29 is 4.74 Å². The van der Waals surface area contributed by atoms with Crippen LogP contribution in [-0.4, -0.2) is 0 Å². The minimum absolute atomic E-state index is 0.559. The molecule has 96 valence electrons. The minimum atomic E-state index is 0.559. The Kier molecular flexibility index (Phi) is 3.78. The highest BCUT2D eigenvalue weighted by atomic mass is 79.9. The van der Waals surface area contributed by atoms with E-state index in [0.29, 0.717) is 6.61 Å². The second-order valence-corrected chi connectivity index (χ2v) is 6.33. The van der Waals surface area contributed by atoms with Gasteiger partial charge in [0.15, 0.2) is 0 Å². The van der Waals surface area contributed by atoms with Crippen LogP contribution in [0.4, 0.5) is 0 Å². The zero-order chi connectivity index (χ0) is 13.2. The van der Waals surface area contributed by atoms with E-state index in [9.17, 15) is 0 Å². The average Bonchev–Trinajstić information content (AvgIpc) is 2.84. The van der Waals surface area contributed by atoms with Crippen LogP contribution in [0.2, 0.25) is 5.02 Å². The van der Waals surface area contributed by atoms with Gasteiger partial charge in [-0.05, 0) is 39.5 Å². The van der Waals surface area contributed by atoms with Crippen LogP contribution in [0, 0.1) is 0 Å². The first-order valence-electron chi connectivity index (χ1n) is 5.77. The maximum absolute atomic E-state index is 6.19. The highest BCUT2D eigenvalue weighted by molar-refractivity contribution is 9.10. The fraction of sp³-hybridized carbons (Fsp3) is 0.0667. The molecule has 1 aromatic heterocycles. The highest BCUT2D eigenvalue weighted by Crippen LogP contribution is 2.32. The second-order valence-electron chi connectivity index (χ2n) is 4.07. The average molecular weight is 354 g/mol. The number of hydrogen-bond donors (Lipinski definition) is 0. The second kappa shape index (κ2) is 5.53. The predicted molar refractivity (Wildman–Crippen MR) is 85.3 cm³/mol. The Morgan fingerprint density at radius 1 is 1.05 bits per heavy atom. The summed E-state index contributed by atoms with van der Waals surface area (Å²) in [5.41, 5.74) is 0. The van der Waals surface area contributed by atoms with Crippen LogP contribution >= 0.6 is 38.9 Å². The van der Waals surface area contributed by atoms with Crippen molar-refractivity contribution in [3.8, 4) is 5.75 Å². The SMILES string of the molecule is Clc1ccc(OCc2sccc2Br)c2ccccc12. The first-order valence-corrected chi connectivity index (χ1v) is 7.82. The van der Waals surface area contributed by atoms with Gasteiger partial charge in [0.2, 0.25) is 0 Å². The van der Waals surface area contributed by atoms with Crippen LogP contribution in [0.25, 0.3) is 10.8 Å². The first kappa shape index (κ1) is 13.0. The highest BCUT2D eigenvalue weighted by Gasteiger charge is 2.07. The molecule has 0 aliphatic rings. The standard InChI is InChI=1S/C15H10BrClOS/c16-12-7-8-19-15(12)9-18-14-6-5-13(17)10-3-1-2-4-11(10)14/h1-8H,9H2. The van der Waals surface area contributed by atoms with Crippen LogP contribution in [0.15, 0.2) is 52.3 Å². The molecule has 2 aromatic carbocycles. The van der Waals surface area contributed by atoms with Crippen LogP contribution in [0.3, 0.4) is 0 Å². The van der Waals surface area contributed by atoms with E-state index < -0.39 is 0 Å². The van der Waals surface area contributed by atoms with Crippen LogP contribution in [0.5, 0.6) is 5.75 Å². The van der Waals surface area contributed by atoms with Gasteiger partial charge >= 0.3 is 0 Å². The lowest BCUT2D eigenvalue weighted by molar-refractivity contribution is 0.313. The van der Waals surface area contributed by atoms with Crippen molar-refractivity contribution in [3.05, 3.63) is 62.2 Å². The smallest absolute Gasteiger partial charge is 0.127 e. The van der Waals surface area contributed by atoms with Gasteiger partial charge in [-0.3, -0.25) is 0 Å². The number of halogens is 2. The van der Waals surface area contributed by atoms with Gasteiger partial charge in [0.1, 0.15) is 12.4 Å². The van der Waals surface area contributed by atoms with E-state index in [-0.39, 0.29) is 0 Å². The predicted octanol–water partition coefficient (Wildman–Crippen LogP) is 5.90. The van der Waals surface area contributed by atoms with Crippen molar-refractivity contribution in [2.75, 3.05) is 0 Å². The Balaban J connectivity index is 1.93. The fourth-order valence-electron chi connectivity index (χ4n) is 1.93. The first-order chi connectivity index (χ1) is 9.25. The lowest BCUT2D eigenvalue weighted by Gasteiger charge is -2.09. The molecular formula is C15H10BrClOS. The van der Waals surface area contributed by atoms with Crippen LogP contribution in [0.1, 0.15) is 4.88 Å². The summed E-state index contributed by atoms with van der Waals surface area (Å²) < 4.78 is 7.01. The molecule has 0 bridgehead atoms. The number of ether oxygens (including phenoxy) is 1. The van der Waals surface area contributed by atoms with Gasteiger partial charge in [-0.2, -0.15) is 0 Å². The van der Waals surface area contributed by atoms with E-state index in [4.69, 9.17) is 16.3 Å². The van der Waals surface area contributed by atoms with Gasteiger partial charge in [0, 0.05) is 20.3 Å². The van der Waals surface area contributed by atoms with E-state index in [1.807, 2.05) is 47.8 Å². The molecule has 0 fully saturated rings. The summed E-state index contributed by atoms with van der Waals surface area (Å²) >= 11 is 11.4. The molecule has 0 spiro atoms. The van der Waals surface area contributed by atoms with Gasteiger partial charge in [-0.1, -0.05) is 35.9 Å². The number of hydrogen-bond acceptors (Lipinski definition) is 2. The van der Waals surface area contributed by atoms with Crippen molar-refractivity contribution in [2.45, 2.75) is 6.61 Å². The minimum Gasteiger partial charge on any atom is -0.487 e. The van der Waals surface area contributed by atoms with E-state index >= 15 is 0 Å². The zero-order valence-electron chi connectivity index (χ0n) is 9.90. The Labute approximate surface area is 128 Å². The van der Waals surface area contributed by atoms with Gasteiger partial charge in [-0.15, -0.1) is 11.3 Å². The number of fused-ring (bicyclic) bond motifs is 1. The van der Waals surface area contributed by atoms with E-state index in [2.05, 4.69) is 15.9 Å². The number of benzene rings is 2. The molecule has 0 N–H and O–H groups in total. The van der Waals surface area contributed by atoms with Crippen molar-refractivity contribution in [1.29, 1.82) is 0 Å². The topological polar surface area (TPSA) is 9.23 Å². The molecule has 1 nitrogen and oxygen atoms in total. The van der Waals surface area contributed by atoms with Crippen molar-refractivity contribution in [1.82, 2.24) is 0 Å². The summed E-state index contributed by atoms with van der Waals surface area (Å²) in [5.74, 6) is 0.861. The van der Waals surface area contributed by atoms with Gasteiger partial charge in [0.25, 0.3) is 0 Å². The Morgan fingerprint density at radius 3 is 2.58 bits per heavy atom. The molecule has 0 amide bonds. The van der Waals surface area contributed by atoms with Crippen molar-refractivity contribution >= 4 is 49.6 Å². The van der Waals surface area contributed by atoms with E-state index in [1.54, 1.807) is 11.3 Å². The largest absolute Gasteiger partial charge is 0.487 e. The van der Waals surface area contributed by atoms with Gasteiger partial charge in [0.05, 0.1) is 4.88 Å². The van der Waals surface area contributed by atoms with Crippen LogP contribution in [-0.2, 0) is 6.61 Å². The molecule has 0 aliphatic carbocycles. The summed E-state index contributed by atoms with van der Waals surface area (Å²) in [6, 6.07) is 13.8. The van der Waals surface area contributed by atoms with Crippen LogP contribution < -0.4 is 4.74 Å². The normalized spacial score (nSPS) is 10.8. The maximum Gasteiger partial charge on any atom is 0.127 e. The number of thiophene rings is 1. The summed E-state index contributed by atoms with van der Waals surface area (Å²) in [4.78, 5) is 1.18. The molecule has 3 aromatic rings. The summed E-state index contributed by atoms with van der Waals surface area (Å²) in [5, 5.41) is 4.86. The van der Waals surface area contributed by atoms with Gasteiger partial charge in [-0.25, -0.2) is 0 Å². The maximum atomic E-state index is 6.19. The fourth-order valence-corrected chi connectivity index (χ4v) is 3.54. The summed E-state index contributed by atoms with van der Waals surface area (Å²) in [6.07, 6.45) is 0. The zero-order valence-corrected chi connectivity index (χ0v) is 13.1. The molecule has 0 saturated heterocycles. The quantitative estimate of drug-likeness (QED) is 0.570. The van der Waals surface area contributed by atoms with E-state index in [1.165, 1.54) is 4.88 Å². The lowest BCUT2D eigenvalue weighted by Crippen LogP contribution is -1.94. The molecule has 4 heteroatoms. The monoisotopic (exact) mass is 352 g/mol. The van der Waals surface area contributed by atoms with E-state index in [0.717, 1.165) is 26.0 Å².